The van der Waals surface area contributed by atoms with Gasteiger partial charge in [-0.1, -0.05) is 18.2 Å². The van der Waals surface area contributed by atoms with Crippen molar-refractivity contribution in [2.45, 2.75) is 31.2 Å². The van der Waals surface area contributed by atoms with Crippen LogP contribution in [0.2, 0.25) is 0 Å². The van der Waals surface area contributed by atoms with Crippen LogP contribution < -0.4 is 10.1 Å². The van der Waals surface area contributed by atoms with Crippen LogP contribution >= 0.6 is 0 Å². The topological polar surface area (TPSA) is 41.6 Å². The maximum atomic E-state index is 12.9. The van der Waals surface area contributed by atoms with Gasteiger partial charge < -0.3 is 15.0 Å². The Hall–Kier alpha value is -1.55. The van der Waals surface area contributed by atoms with E-state index in [9.17, 15) is 4.79 Å². The fourth-order valence-corrected chi connectivity index (χ4v) is 4.05. The molecule has 21 heavy (non-hydrogen) atoms. The molecule has 0 radical (unpaired) electrons. The Balaban J connectivity index is 1.53. The molecule has 112 valence electrons. The zero-order valence-electron chi connectivity index (χ0n) is 12.3. The number of amides is 1. The fourth-order valence-electron chi connectivity index (χ4n) is 4.05. The van der Waals surface area contributed by atoms with Gasteiger partial charge in [0.1, 0.15) is 5.75 Å². The van der Waals surface area contributed by atoms with Crippen LogP contribution in [-0.4, -0.2) is 43.1 Å². The molecule has 0 bridgehead atoms. The van der Waals surface area contributed by atoms with Crippen molar-refractivity contribution in [2.24, 2.45) is 5.92 Å². The number of carbonyl (C=O) groups is 1. The third-order valence-corrected chi connectivity index (χ3v) is 5.17. The molecule has 1 amide bonds. The summed E-state index contributed by atoms with van der Waals surface area (Å²) in [6, 6.07) is 8.50. The average Bonchev–Trinajstić information content (AvgIpc) is 2.97. The molecule has 2 fully saturated rings. The zero-order chi connectivity index (χ0) is 14.2. The van der Waals surface area contributed by atoms with E-state index in [2.05, 4.69) is 10.2 Å². The Bertz CT molecular complexity index is 531. The first kappa shape index (κ1) is 13.1. The molecule has 3 unspecified atom stereocenters. The summed E-state index contributed by atoms with van der Waals surface area (Å²) in [6.07, 6.45) is 3.30. The van der Waals surface area contributed by atoms with Crippen molar-refractivity contribution in [1.29, 1.82) is 0 Å². The van der Waals surface area contributed by atoms with Gasteiger partial charge in [0.15, 0.2) is 0 Å². The van der Waals surface area contributed by atoms with Crippen LogP contribution in [0.5, 0.6) is 5.75 Å². The number of likely N-dealkylation sites (tertiary alicyclic amines) is 1. The van der Waals surface area contributed by atoms with E-state index in [1.54, 1.807) is 0 Å². The van der Waals surface area contributed by atoms with Crippen LogP contribution in [0.25, 0.3) is 0 Å². The first-order valence-corrected chi connectivity index (χ1v) is 8.07. The molecule has 4 nitrogen and oxygen atoms in total. The normalized spacial score (nSPS) is 31.2. The van der Waals surface area contributed by atoms with E-state index in [1.165, 1.54) is 12.8 Å². The summed E-state index contributed by atoms with van der Waals surface area (Å²) < 4.78 is 5.68. The van der Waals surface area contributed by atoms with Crippen LogP contribution in [-0.2, 0) is 4.79 Å². The molecule has 0 aliphatic carbocycles. The second-order valence-electron chi connectivity index (χ2n) is 6.43. The number of hydrogen-bond donors (Lipinski definition) is 1. The quantitative estimate of drug-likeness (QED) is 0.855. The zero-order valence-corrected chi connectivity index (χ0v) is 12.3. The van der Waals surface area contributed by atoms with Crippen LogP contribution in [0.15, 0.2) is 24.3 Å². The van der Waals surface area contributed by atoms with Gasteiger partial charge in [0, 0.05) is 24.7 Å². The first-order valence-electron chi connectivity index (χ1n) is 8.07. The number of benzene rings is 1. The van der Waals surface area contributed by atoms with Crippen molar-refractivity contribution >= 4 is 5.91 Å². The van der Waals surface area contributed by atoms with Crippen LogP contribution in [0.3, 0.4) is 0 Å². The van der Waals surface area contributed by atoms with Crippen molar-refractivity contribution in [3.8, 4) is 5.75 Å². The number of piperidine rings is 1. The Labute approximate surface area is 125 Å². The third kappa shape index (κ3) is 2.31. The average molecular weight is 286 g/mol. The first-order chi connectivity index (χ1) is 10.3. The number of nitrogens with zero attached hydrogens (tertiary/aromatic N) is 1. The second kappa shape index (κ2) is 5.34. The van der Waals surface area contributed by atoms with E-state index in [-0.39, 0.29) is 5.92 Å². The smallest absolute Gasteiger partial charge is 0.230 e. The van der Waals surface area contributed by atoms with Gasteiger partial charge in [0.05, 0.1) is 12.5 Å². The summed E-state index contributed by atoms with van der Waals surface area (Å²) in [4.78, 5) is 15.0. The summed E-state index contributed by atoms with van der Waals surface area (Å²) in [7, 11) is 0. The molecular formula is C17H22N2O2. The van der Waals surface area contributed by atoms with E-state index < -0.39 is 0 Å². The van der Waals surface area contributed by atoms with Gasteiger partial charge >= 0.3 is 0 Å². The lowest BCUT2D eigenvalue weighted by Gasteiger charge is -2.28. The largest absolute Gasteiger partial charge is 0.493 e. The van der Waals surface area contributed by atoms with E-state index in [0.29, 0.717) is 24.5 Å². The number of fused-ring (bicyclic) bond motifs is 2. The van der Waals surface area contributed by atoms with E-state index in [0.717, 1.165) is 37.4 Å². The number of nitrogens with one attached hydrogen (secondary N) is 1. The molecule has 0 aromatic heterocycles. The second-order valence-corrected chi connectivity index (χ2v) is 6.43. The molecule has 3 heterocycles. The van der Waals surface area contributed by atoms with Gasteiger partial charge in [-0.3, -0.25) is 4.79 Å². The predicted molar refractivity (Wildman–Crippen MR) is 80.4 cm³/mol. The van der Waals surface area contributed by atoms with Gasteiger partial charge in [-0.2, -0.15) is 0 Å². The number of rotatable bonds is 1. The molecule has 1 N–H and O–H groups in total. The third-order valence-electron chi connectivity index (χ3n) is 5.17. The maximum Gasteiger partial charge on any atom is 0.230 e. The highest BCUT2D eigenvalue weighted by molar-refractivity contribution is 5.85. The molecule has 3 aliphatic heterocycles. The molecule has 3 atom stereocenters. The number of carbonyl (C=O) groups excluding carboxylic acids is 1. The summed E-state index contributed by atoms with van der Waals surface area (Å²) in [6.45, 7) is 3.55. The fraction of sp³-hybridized carbons (Fsp3) is 0.588. The van der Waals surface area contributed by atoms with Gasteiger partial charge in [-0.05, 0) is 37.8 Å². The lowest BCUT2D eigenvalue weighted by atomic mass is 9.92. The molecule has 3 aliphatic rings. The SMILES string of the molecule is O=C(C1CCOc2ccccc21)N1CC2CCCNC2C1. The standard InChI is InChI=1S/C17H22N2O2/c20-17(19-10-12-4-3-8-18-15(12)11-19)14-7-9-21-16-6-2-1-5-13(14)16/h1-2,5-6,12,14-15,18H,3-4,7-11H2. The van der Waals surface area contributed by atoms with Crippen molar-refractivity contribution in [3.05, 3.63) is 29.8 Å². The molecule has 0 saturated carbocycles. The number of para-hydroxylation sites is 1. The minimum atomic E-state index is -0.0184. The molecule has 0 spiro atoms. The predicted octanol–water partition coefficient (Wildman–Crippen LogP) is 1.76. The highest BCUT2D eigenvalue weighted by Gasteiger charge is 2.39. The Kier molecular flexibility index (Phi) is 3.34. The van der Waals surface area contributed by atoms with Gasteiger partial charge in [-0.15, -0.1) is 0 Å². The minimum Gasteiger partial charge on any atom is -0.493 e. The summed E-state index contributed by atoms with van der Waals surface area (Å²) in [5, 5.41) is 3.57. The number of hydrogen-bond acceptors (Lipinski definition) is 3. The number of ether oxygens (including phenoxy) is 1. The molecule has 4 heteroatoms. The molecule has 1 aromatic rings. The lowest BCUT2D eigenvalue weighted by Crippen LogP contribution is -2.41. The molecule has 1 aromatic carbocycles. The molecule has 2 saturated heterocycles. The van der Waals surface area contributed by atoms with Gasteiger partial charge in [0.25, 0.3) is 0 Å². The monoisotopic (exact) mass is 286 g/mol. The lowest BCUT2D eigenvalue weighted by molar-refractivity contribution is -0.132. The van der Waals surface area contributed by atoms with Crippen molar-refractivity contribution in [3.63, 3.8) is 0 Å². The Morgan fingerprint density at radius 3 is 3.05 bits per heavy atom. The van der Waals surface area contributed by atoms with Crippen molar-refractivity contribution in [1.82, 2.24) is 10.2 Å². The summed E-state index contributed by atoms with van der Waals surface area (Å²) in [5.41, 5.74) is 1.07. The molecular weight excluding hydrogens is 264 g/mol. The van der Waals surface area contributed by atoms with E-state index in [1.807, 2.05) is 24.3 Å². The summed E-state index contributed by atoms with van der Waals surface area (Å²) in [5.74, 6) is 1.81. The van der Waals surface area contributed by atoms with Crippen LogP contribution in [0.1, 0.15) is 30.7 Å². The minimum absolute atomic E-state index is 0.0184. The highest BCUT2D eigenvalue weighted by atomic mass is 16.5. The summed E-state index contributed by atoms with van der Waals surface area (Å²) >= 11 is 0. The Morgan fingerprint density at radius 1 is 1.24 bits per heavy atom. The van der Waals surface area contributed by atoms with Crippen LogP contribution in [0.4, 0.5) is 0 Å². The van der Waals surface area contributed by atoms with E-state index in [4.69, 9.17) is 4.74 Å². The highest BCUT2D eigenvalue weighted by Crippen LogP contribution is 2.36. The van der Waals surface area contributed by atoms with Crippen LogP contribution in [0, 0.1) is 5.92 Å². The van der Waals surface area contributed by atoms with E-state index >= 15 is 0 Å². The molecule has 4 rings (SSSR count). The van der Waals surface area contributed by atoms with Gasteiger partial charge in [-0.25, -0.2) is 0 Å². The van der Waals surface area contributed by atoms with Crippen molar-refractivity contribution in [2.75, 3.05) is 26.2 Å². The maximum absolute atomic E-state index is 12.9. The Morgan fingerprint density at radius 2 is 2.14 bits per heavy atom. The van der Waals surface area contributed by atoms with Gasteiger partial charge in [0.2, 0.25) is 5.91 Å². The van der Waals surface area contributed by atoms with Crippen molar-refractivity contribution < 1.29 is 9.53 Å².